The van der Waals surface area contributed by atoms with Gasteiger partial charge >= 0.3 is 0 Å². The standard InChI is InChI=1S/C30H47NOP2/c1-23(32)31-26-19-24(21-33(27-10-2-3-11-27)28-12-4-5-13-28)18-25(20-26)22-34(29-14-6-7-15-29)30-16-8-9-17-30/h18-20,27-30H,2-17,21-22H2,1H3,(H,31,32). The van der Waals surface area contributed by atoms with Gasteiger partial charge in [-0.15, -0.1) is 0 Å². The van der Waals surface area contributed by atoms with Crippen LogP contribution in [0.4, 0.5) is 5.69 Å². The lowest BCUT2D eigenvalue weighted by atomic mass is 10.1. The third-order valence-corrected chi connectivity index (χ3v) is 16.6. The van der Waals surface area contributed by atoms with Gasteiger partial charge in [-0.05, 0) is 110 Å². The summed E-state index contributed by atoms with van der Waals surface area (Å²) in [6.45, 7) is 1.67. The minimum atomic E-state index is 0.0707. The third kappa shape index (κ3) is 6.45. The molecule has 4 fully saturated rings. The topological polar surface area (TPSA) is 29.1 Å². The van der Waals surface area contributed by atoms with Crippen molar-refractivity contribution >= 4 is 27.4 Å². The van der Waals surface area contributed by atoms with Gasteiger partial charge in [0.15, 0.2) is 0 Å². The van der Waals surface area contributed by atoms with Gasteiger partial charge in [-0.1, -0.05) is 73.3 Å². The Kier molecular flexibility index (Phi) is 9.04. The van der Waals surface area contributed by atoms with Crippen molar-refractivity contribution < 1.29 is 4.79 Å². The van der Waals surface area contributed by atoms with Crippen LogP contribution in [0.1, 0.15) is 121 Å². The molecule has 1 aromatic carbocycles. The van der Waals surface area contributed by atoms with Gasteiger partial charge in [-0.2, -0.15) is 0 Å². The van der Waals surface area contributed by atoms with Gasteiger partial charge < -0.3 is 5.32 Å². The van der Waals surface area contributed by atoms with Crippen LogP contribution in [-0.4, -0.2) is 28.5 Å². The van der Waals surface area contributed by atoms with Crippen molar-refractivity contribution in [2.75, 3.05) is 5.32 Å². The van der Waals surface area contributed by atoms with Crippen molar-refractivity contribution in [2.24, 2.45) is 0 Å². The van der Waals surface area contributed by atoms with Crippen LogP contribution in [-0.2, 0) is 17.1 Å². The van der Waals surface area contributed by atoms with E-state index in [-0.39, 0.29) is 21.8 Å². The molecule has 188 valence electrons. The molecule has 0 heterocycles. The molecular formula is C30H47NOP2. The Labute approximate surface area is 211 Å². The molecule has 34 heavy (non-hydrogen) atoms. The molecule has 4 aliphatic carbocycles. The summed E-state index contributed by atoms with van der Waals surface area (Å²) in [6, 6.07) is 7.29. The molecule has 0 radical (unpaired) electrons. The number of hydrogen-bond donors (Lipinski definition) is 1. The molecule has 0 bridgehead atoms. The first-order valence-electron chi connectivity index (χ1n) is 14.6. The predicted molar refractivity (Wildman–Crippen MR) is 151 cm³/mol. The van der Waals surface area contributed by atoms with Gasteiger partial charge in [0.05, 0.1) is 0 Å². The average Bonchev–Trinajstić information content (AvgIpc) is 3.65. The maximum atomic E-state index is 12.0. The highest BCUT2D eigenvalue weighted by atomic mass is 31.1. The van der Waals surface area contributed by atoms with E-state index in [4.69, 9.17) is 0 Å². The second-order valence-electron chi connectivity index (χ2n) is 11.8. The number of benzene rings is 1. The molecule has 1 aromatic rings. The summed E-state index contributed by atoms with van der Waals surface area (Å²) in [5, 5.41) is 3.19. The first-order valence-corrected chi connectivity index (χ1v) is 17.9. The summed E-state index contributed by atoms with van der Waals surface area (Å²) in [6.07, 6.45) is 26.1. The van der Waals surface area contributed by atoms with Gasteiger partial charge in [0, 0.05) is 12.6 Å². The van der Waals surface area contributed by atoms with E-state index in [0.29, 0.717) is 0 Å². The van der Waals surface area contributed by atoms with Crippen LogP contribution in [0.5, 0.6) is 0 Å². The number of hydrogen-bond acceptors (Lipinski definition) is 1. The van der Waals surface area contributed by atoms with Crippen LogP contribution in [0.15, 0.2) is 18.2 Å². The molecular weight excluding hydrogens is 452 g/mol. The molecule has 0 atom stereocenters. The van der Waals surface area contributed by atoms with Crippen LogP contribution in [0.2, 0.25) is 0 Å². The molecule has 4 heteroatoms. The number of amides is 1. The number of carbonyl (C=O) groups excluding carboxylic acids is 1. The zero-order valence-electron chi connectivity index (χ0n) is 21.6. The third-order valence-electron chi connectivity index (χ3n) is 9.28. The van der Waals surface area contributed by atoms with E-state index < -0.39 is 0 Å². The molecule has 4 aliphatic rings. The van der Waals surface area contributed by atoms with E-state index >= 15 is 0 Å². The van der Waals surface area contributed by atoms with Crippen molar-refractivity contribution in [3.05, 3.63) is 29.3 Å². The van der Waals surface area contributed by atoms with Crippen molar-refractivity contribution in [3.8, 4) is 0 Å². The maximum absolute atomic E-state index is 12.0. The van der Waals surface area contributed by atoms with Crippen molar-refractivity contribution in [3.63, 3.8) is 0 Å². The predicted octanol–water partition coefficient (Wildman–Crippen LogP) is 9.38. The SMILES string of the molecule is CC(=O)Nc1cc(CP(C2CCCC2)C2CCCC2)cc(CP(C2CCCC2)C2CCCC2)c1. The fourth-order valence-corrected chi connectivity index (χ4v) is 15.2. The summed E-state index contributed by atoms with van der Waals surface area (Å²) >= 11 is 0. The highest BCUT2D eigenvalue weighted by Gasteiger charge is 2.34. The van der Waals surface area contributed by atoms with Crippen molar-refractivity contribution in [1.29, 1.82) is 0 Å². The Hall–Kier alpha value is -0.450. The molecule has 5 rings (SSSR count). The maximum Gasteiger partial charge on any atom is 0.221 e. The van der Waals surface area contributed by atoms with E-state index in [0.717, 1.165) is 28.3 Å². The van der Waals surface area contributed by atoms with Crippen LogP contribution in [0.3, 0.4) is 0 Å². The minimum Gasteiger partial charge on any atom is -0.326 e. The van der Waals surface area contributed by atoms with Gasteiger partial charge in [-0.25, -0.2) is 0 Å². The lowest BCUT2D eigenvalue weighted by Crippen LogP contribution is -2.13. The number of rotatable bonds is 9. The second-order valence-corrected chi connectivity index (χ2v) is 17.4. The molecule has 1 amide bonds. The smallest absolute Gasteiger partial charge is 0.221 e. The summed E-state index contributed by atoms with van der Waals surface area (Å²) in [4.78, 5) is 12.0. The lowest BCUT2D eigenvalue weighted by Gasteiger charge is -2.32. The summed E-state index contributed by atoms with van der Waals surface area (Å²) in [5.74, 6) is 0.0748. The fourth-order valence-electron chi connectivity index (χ4n) is 7.70. The number of nitrogens with one attached hydrogen (secondary N) is 1. The van der Waals surface area contributed by atoms with Crippen LogP contribution in [0, 0.1) is 0 Å². The van der Waals surface area contributed by atoms with Crippen molar-refractivity contribution in [1.82, 2.24) is 0 Å². The average molecular weight is 500 g/mol. The Balaban J connectivity index is 1.39. The minimum absolute atomic E-state index is 0.0707. The molecule has 0 saturated heterocycles. The molecule has 0 aromatic heterocycles. The zero-order valence-corrected chi connectivity index (χ0v) is 23.4. The Morgan fingerprint density at radius 3 is 1.26 bits per heavy atom. The van der Waals surface area contributed by atoms with Gasteiger partial charge in [0.2, 0.25) is 5.91 Å². The summed E-state index contributed by atoms with van der Waals surface area (Å²) in [7, 11) is 0.141. The molecule has 1 N–H and O–H groups in total. The largest absolute Gasteiger partial charge is 0.326 e. The zero-order chi connectivity index (χ0) is 23.3. The van der Waals surface area contributed by atoms with E-state index in [9.17, 15) is 4.79 Å². The number of carbonyl (C=O) groups is 1. The van der Waals surface area contributed by atoms with E-state index in [1.54, 1.807) is 18.1 Å². The fraction of sp³-hybridized carbons (Fsp3) is 0.767. The van der Waals surface area contributed by atoms with Crippen LogP contribution < -0.4 is 5.32 Å². The quantitative estimate of drug-likeness (QED) is 0.337. The molecule has 0 aliphatic heterocycles. The van der Waals surface area contributed by atoms with Gasteiger partial charge in [0.25, 0.3) is 0 Å². The Bertz CT molecular complexity index is 714. The summed E-state index contributed by atoms with van der Waals surface area (Å²) < 4.78 is 0. The first-order chi connectivity index (χ1) is 16.7. The molecule has 0 spiro atoms. The first kappa shape index (κ1) is 25.2. The van der Waals surface area contributed by atoms with Gasteiger partial charge in [-0.3, -0.25) is 4.79 Å². The van der Waals surface area contributed by atoms with Crippen molar-refractivity contribution in [2.45, 2.75) is 145 Å². The molecule has 4 saturated carbocycles. The highest BCUT2D eigenvalue weighted by Crippen LogP contribution is 2.61. The summed E-state index contributed by atoms with van der Waals surface area (Å²) in [5.41, 5.74) is 8.15. The normalized spacial score (nSPS) is 23.1. The lowest BCUT2D eigenvalue weighted by molar-refractivity contribution is -0.114. The Morgan fingerprint density at radius 1 is 0.647 bits per heavy atom. The Morgan fingerprint density at radius 2 is 0.971 bits per heavy atom. The van der Waals surface area contributed by atoms with E-state index in [1.165, 1.54) is 115 Å². The molecule has 0 unspecified atom stereocenters. The monoisotopic (exact) mass is 499 g/mol. The van der Waals surface area contributed by atoms with E-state index in [1.807, 2.05) is 0 Å². The number of anilines is 1. The van der Waals surface area contributed by atoms with Crippen LogP contribution in [0.25, 0.3) is 0 Å². The molecule has 2 nitrogen and oxygen atoms in total. The van der Waals surface area contributed by atoms with E-state index in [2.05, 4.69) is 23.5 Å². The van der Waals surface area contributed by atoms with Crippen LogP contribution >= 0.6 is 15.8 Å². The second kappa shape index (κ2) is 12.2. The highest BCUT2D eigenvalue weighted by molar-refractivity contribution is 7.58. The van der Waals surface area contributed by atoms with Gasteiger partial charge in [0.1, 0.15) is 0 Å².